The number of esters is 1. The molecule has 2 aromatic carbocycles. The average Bonchev–Trinajstić information content (AvgIpc) is 2.56. The summed E-state index contributed by atoms with van der Waals surface area (Å²) in [5.41, 5.74) is 1.32. The molecule has 0 heterocycles. The van der Waals surface area contributed by atoms with E-state index in [9.17, 15) is 9.59 Å². The number of hydrogen-bond donors (Lipinski definition) is 0. The summed E-state index contributed by atoms with van der Waals surface area (Å²) < 4.78 is 11.2. The van der Waals surface area contributed by atoms with Crippen molar-refractivity contribution in [3.63, 3.8) is 0 Å². The maximum atomic E-state index is 12.3. The molecule has 4 nitrogen and oxygen atoms in total. The molecule has 0 spiro atoms. The van der Waals surface area contributed by atoms with Crippen LogP contribution < -0.4 is 4.74 Å². The molecule has 0 bridgehead atoms. The molecule has 0 radical (unpaired) electrons. The molecule has 23 heavy (non-hydrogen) atoms. The van der Waals surface area contributed by atoms with E-state index >= 15 is 0 Å². The van der Waals surface area contributed by atoms with Crippen LogP contribution in [0.4, 0.5) is 0 Å². The Morgan fingerprint density at radius 3 is 2.22 bits per heavy atom. The molecule has 0 amide bonds. The second-order valence-electron chi connectivity index (χ2n) is 5.03. The molecule has 0 fully saturated rings. The van der Waals surface area contributed by atoms with E-state index in [0.29, 0.717) is 11.3 Å². The molecule has 0 N–H and O–H groups in total. The van der Waals surface area contributed by atoms with E-state index in [1.54, 1.807) is 38.3 Å². The zero-order valence-electron chi connectivity index (χ0n) is 12.9. The fourth-order valence-electron chi connectivity index (χ4n) is 2.05. The van der Waals surface area contributed by atoms with Crippen LogP contribution in [0.15, 0.2) is 53.0 Å². The summed E-state index contributed by atoms with van der Waals surface area (Å²) in [5.74, 6) is -0.0000653. The van der Waals surface area contributed by atoms with Crippen LogP contribution in [0.2, 0.25) is 0 Å². The highest BCUT2D eigenvalue weighted by molar-refractivity contribution is 9.10. The summed E-state index contributed by atoms with van der Waals surface area (Å²) in [4.78, 5) is 24.2. The number of methoxy groups -OCH3 is 1. The number of hydrogen-bond acceptors (Lipinski definition) is 4. The van der Waals surface area contributed by atoms with Gasteiger partial charge in [-0.3, -0.25) is 9.59 Å². The second kappa shape index (κ2) is 7.92. The Labute approximate surface area is 143 Å². The Hall–Kier alpha value is -2.14. The molecule has 5 heteroatoms. The molecule has 0 aliphatic rings. The Kier molecular flexibility index (Phi) is 5.93. The van der Waals surface area contributed by atoms with Gasteiger partial charge < -0.3 is 9.47 Å². The highest BCUT2D eigenvalue weighted by Crippen LogP contribution is 2.15. The van der Waals surface area contributed by atoms with Gasteiger partial charge in [-0.2, -0.15) is 0 Å². The minimum Gasteiger partial charge on any atom is -0.497 e. The molecule has 1 atom stereocenters. The van der Waals surface area contributed by atoms with Gasteiger partial charge in [0.15, 0.2) is 6.10 Å². The van der Waals surface area contributed by atoms with Gasteiger partial charge in [0.25, 0.3) is 0 Å². The molecular weight excluding hydrogens is 360 g/mol. The number of ketones is 1. The van der Waals surface area contributed by atoms with Gasteiger partial charge >= 0.3 is 5.97 Å². The third-order valence-corrected chi connectivity index (χ3v) is 3.84. The molecule has 0 aromatic heterocycles. The van der Waals surface area contributed by atoms with E-state index < -0.39 is 12.1 Å². The lowest BCUT2D eigenvalue weighted by molar-refractivity contribution is -0.145. The Balaban J connectivity index is 1.94. The lowest BCUT2D eigenvalue weighted by atomic mass is 10.1. The van der Waals surface area contributed by atoms with Gasteiger partial charge in [-0.1, -0.05) is 28.1 Å². The van der Waals surface area contributed by atoms with Crippen molar-refractivity contribution in [2.45, 2.75) is 19.4 Å². The summed E-state index contributed by atoms with van der Waals surface area (Å²) in [5, 5.41) is 0. The van der Waals surface area contributed by atoms with Gasteiger partial charge in [0, 0.05) is 10.0 Å². The molecule has 2 rings (SSSR count). The topological polar surface area (TPSA) is 52.6 Å². The van der Waals surface area contributed by atoms with Gasteiger partial charge in [0.1, 0.15) is 5.75 Å². The highest BCUT2D eigenvalue weighted by Gasteiger charge is 2.19. The zero-order chi connectivity index (χ0) is 16.8. The van der Waals surface area contributed by atoms with Crippen LogP contribution in [0.1, 0.15) is 22.8 Å². The molecule has 0 aliphatic carbocycles. The molecule has 0 saturated heterocycles. The van der Waals surface area contributed by atoms with Gasteiger partial charge in [-0.25, -0.2) is 0 Å². The van der Waals surface area contributed by atoms with Crippen molar-refractivity contribution in [2.75, 3.05) is 7.11 Å². The summed E-state index contributed by atoms with van der Waals surface area (Å²) in [7, 11) is 1.56. The van der Waals surface area contributed by atoms with Crippen molar-refractivity contribution in [1.29, 1.82) is 0 Å². The van der Waals surface area contributed by atoms with E-state index in [1.807, 2.05) is 24.3 Å². The average molecular weight is 377 g/mol. The largest absolute Gasteiger partial charge is 0.497 e. The van der Waals surface area contributed by atoms with Crippen molar-refractivity contribution in [2.24, 2.45) is 0 Å². The van der Waals surface area contributed by atoms with Crippen LogP contribution in [0.25, 0.3) is 0 Å². The van der Waals surface area contributed by atoms with Crippen LogP contribution in [-0.4, -0.2) is 25.0 Å². The lowest BCUT2D eigenvalue weighted by Gasteiger charge is -2.12. The number of carbonyl (C=O) groups excluding carboxylic acids is 2. The number of halogens is 1. The van der Waals surface area contributed by atoms with Crippen molar-refractivity contribution >= 4 is 27.7 Å². The standard InChI is InChI=1S/C18H17BrO4/c1-12(18(21)14-5-9-16(22-2)10-6-14)23-17(20)11-13-3-7-15(19)8-4-13/h3-10,12H,11H2,1-2H3/t12-/m1/s1. The van der Waals surface area contributed by atoms with Crippen molar-refractivity contribution in [3.8, 4) is 5.75 Å². The lowest BCUT2D eigenvalue weighted by Crippen LogP contribution is -2.25. The predicted molar refractivity (Wildman–Crippen MR) is 90.7 cm³/mol. The maximum absolute atomic E-state index is 12.3. The van der Waals surface area contributed by atoms with Crippen LogP contribution in [0, 0.1) is 0 Å². The van der Waals surface area contributed by atoms with Gasteiger partial charge in [-0.15, -0.1) is 0 Å². The molecule has 0 unspecified atom stereocenters. The molecule has 0 aliphatic heterocycles. The molecule has 120 valence electrons. The van der Waals surface area contributed by atoms with Crippen molar-refractivity contribution < 1.29 is 19.1 Å². The third kappa shape index (κ3) is 4.93. The smallest absolute Gasteiger partial charge is 0.310 e. The first-order chi connectivity index (χ1) is 11.0. The van der Waals surface area contributed by atoms with E-state index in [2.05, 4.69) is 15.9 Å². The number of rotatable bonds is 6. The third-order valence-electron chi connectivity index (χ3n) is 3.31. The maximum Gasteiger partial charge on any atom is 0.310 e. The summed E-state index contributed by atoms with van der Waals surface area (Å²) >= 11 is 3.34. The normalized spacial score (nSPS) is 11.6. The van der Waals surface area contributed by atoms with Crippen LogP contribution >= 0.6 is 15.9 Å². The molecule has 2 aromatic rings. The predicted octanol–water partition coefficient (Wildman–Crippen LogP) is 3.81. The Bertz CT molecular complexity index is 677. The fraction of sp³-hybridized carbons (Fsp3) is 0.222. The van der Waals surface area contributed by atoms with E-state index in [4.69, 9.17) is 9.47 Å². The first-order valence-electron chi connectivity index (χ1n) is 7.12. The summed E-state index contributed by atoms with van der Waals surface area (Å²) in [6.07, 6.45) is -0.695. The second-order valence-corrected chi connectivity index (χ2v) is 5.94. The first kappa shape index (κ1) is 17.2. The van der Waals surface area contributed by atoms with Crippen LogP contribution in [0.5, 0.6) is 5.75 Å². The highest BCUT2D eigenvalue weighted by atomic mass is 79.9. The van der Waals surface area contributed by atoms with E-state index in [0.717, 1.165) is 10.0 Å². The number of carbonyl (C=O) groups is 2. The van der Waals surface area contributed by atoms with Crippen molar-refractivity contribution in [1.82, 2.24) is 0 Å². The molecular formula is C18H17BrO4. The fourth-order valence-corrected chi connectivity index (χ4v) is 2.32. The SMILES string of the molecule is COc1ccc(C(=O)[C@@H](C)OC(=O)Cc2ccc(Br)cc2)cc1. The first-order valence-corrected chi connectivity index (χ1v) is 7.91. The Morgan fingerprint density at radius 2 is 1.65 bits per heavy atom. The minimum absolute atomic E-state index is 0.132. The van der Waals surface area contributed by atoms with E-state index in [-0.39, 0.29) is 12.2 Å². The Morgan fingerprint density at radius 1 is 1.04 bits per heavy atom. The van der Waals surface area contributed by atoms with Crippen LogP contribution in [0.3, 0.4) is 0 Å². The van der Waals surface area contributed by atoms with Gasteiger partial charge in [0.2, 0.25) is 5.78 Å². The summed E-state index contributed by atoms with van der Waals surface area (Å²) in [6, 6.07) is 14.1. The quantitative estimate of drug-likeness (QED) is 0.568. The van der Waals surface area contributed by atoms with Crippen LogP contribution in [-0.2, 0) is 16.0 Å². The van der Waals surface area contributed by atoms with Gasteiger partial charge in [-0.05, 0) is 48.9 Å². The van der Waals surface area contributed by atoms with E-state index in [1.165, 1.54) is 0 Å². The zero-order valence-corrected chi connectivity index (χ0v) is 14.5. The molecule has 0 saturated carbocycles. The number of Topliss-reactive ketones (excluding diaryl/α,β-unsaturated/α-hetero) is 1. The number of benzene rings is 2. The van der Waals surface area contributed by atoms with Gasteiger partial charge in [0.05, 0.1) is 13.5 Å². The summed E-state index contributed by atoms with van der Waals surface area (Å²) in [6.45, 7) is 1.58. The van der Waals surface area contributed by atoms with Crippen molar-refractivity contribution in [3.05, 3.63) is 64.1 Å². The monoisotopic (exact) mass is 376 g/mol. The minimum atomic E-state index is -0.827. The number of ether oxygens (including phenoxy) is 2.